The minimum atomic E-state index is -0.143. The molecule has 1 atom stereocenters. The van der Waals surface area contributed by atoms with E-state index in [1.165, 1.54) is 25.7 Å². The SMILES string of the molecule is CC(NC(CO)CO)C1CCCC1. The average Bonchev–Trinajstić information content (AvgIpc) is 2.66. The topological polar surface area (TPSA) is 52.5 Å². The third-order valence-corrected chi connectivity index (χ3v) is 3.05. The van der Waals surface area contributed by atoms with Gasteiger partial charge in [0.05, 0.1) is 19.3 Å². The minimum Gasteiger partial charge on any atom is -0.395 e. The molecule has 3 heteroatoms. The van der Waals surface area contributed by atoms with E-state index in [1.54, 1.807) is 0 Å². The number of rotatable bonds is 5. The first-order valence-electron chi connectivity index (χ1n) is 5.25. The lowest BCUT2D eigenvalue weighted by Gasteiger charge is -2.24. The average molecular weight is 187 g/mol. The maximum Gasteiger partial charge on any atom is 0.0607 e. The summed E-state index contributed by atoms with van der Waals surface area (Å²) in [4.78, 5) is 0. The number of hydrogen-bond acceptors (Lipinski definition) is 3. The Morgan fingerprint density at radius 3 is 2.23 bits per heavy atom. The molecule has 0 aromatic rings. The quantitative estimate of drug-likeness (QED) is 0.588. The Balaban J connectivity index is 2.25. The monoisotopic (exact) mass is 187 g/mol. The van der Waals surface area contributed by atoms with Crippen LogP contribution in [0.1, 0.15) is 32.6 Å². The van der Waals surface area contributed by atoms with Crippen molar-refractivity contribution in [2.75, 3.05) is 13.2 Å². The Hall–Kier alpha value is -0.120. The first-order valence-corrected chi connectivity index (χ1v) is 5.25. The molecule has 1 aliphatic carbocycles. The van der Waals surface area contributed by atoms with Crippen LogP contribution in [-0.4, -0.2) is 35.5 Å². The highest BCUT2D eigenvalue weighted by Gasteiger charge is 2.22. The molecule has 0 aromatic heterocycles. The van der Waals surface area contributed by atoms with Crippen LogP contribution in [0.5, 0.6) is 0 Å². The molecule has 3 N–H and O–H groups in total. The van der Waals surface area contributed by atoms with Crippen molar-refractivity contribution in [3.05, 3.63) is 0 Å². The normalized spacial score (nSPS) is 21.2. The number of nitrogens with one attached hydrogen (secondary N) is 1. The van der Waals surface area contributed by atoms with Crippen LogP contribution in [0.25, 0.3) is 0 Å². The molecule has 0 amide bonds. The van der Waals surface area contributed by atoms with Crippen molar-refractivity contribution < 1.29 is 10.2 Å². The lowest BCUT2D eigenvalue weighted by atomic mass is 9.99. The van der Waals surface area contributed by atoms with Gasteiger partial charge in [0.25, 0.3) is 0 Å². The van der Waals surface area contributed by atoms with Gasteiger partial charge in [-0.2, -0.15) is 0 Å². The highest BCUT2D eigenvalue weighted by atomic mass is 16.3. The van der Waals surface area contributed by atoms with Gasteiger partial charge in [-0.3, -0.25) is 0 Å². The van der Waals surface area contributed by atoms with Crippen LogP contribution in [0.3, 0.4) is 0 Å². The zero-order valence-electron chi connectivity index (χ0n) is 8.37. The van der Waals surface area contributed by atoms with Gasteiger partial charge in [-0.1, -0.05) is 12.8 Å². The molecule has 0 heterocycles. The molecule has 0 bridgehead atoms. The smallest absolute Gasteiger partial charge is 0.0607 e. The fourth-order valence-corrected chi connectivity index (χ4v) is 2.13. The Morgan fingerprint density at radius 1 is 1.23 bits per heavy atom. The summed E-state index contributed by atoms with van der Waals surface area (Å²) >= 11 is 0. The summed E-state index contributed by atoms with van der Waals surface area (Å²) in [6.45, 7) is 2.19. The first-order chi connectivity index (χ1) is 6.27. The fourth-order valence-electron chi connectivity index (χ4n) is 2.13. The molecule has 1 fully saturated rings. The van der Waals surface area contributed by atoms with Crippen LogP contribution in [0, 0.1) is 5.92 Å². The van der Waals surface area contributed by atoms with E-state index in [9.17, 15) is 0 Å². The van der Waals surface area contributed by atoms with E-state index in [2.05, 4.69) is 12.2 Å². The van der Waals surface area contributed by atoms with Gasteiger partial charge >= 0.3 is 0 Å². The summed E-state index contributed by atoms with van der Waals surface area (Å²) in [5, 5.41) is 21.0. The molecule has 0 spiro atoms. The largest absolute Gasteiger partial charge is 0.395 e. The zero-order valence-corrected chi connectivity index (χ0v) is 8.37. The number of aliphatic hydroxyl groups is 2. The molecule has 0 aliphatic heterocycles. The summed E-state index contributed by atoms with van der Waals surface area (Å²) < 4.78 is 0. The van der Waals surface area contributed by atoms with Crippen LogP contribution >= 0.6 is 0 Å². The molecule has 1 unspecified atom stereocenters. The minimum absolute atomic E-state index is 0.0214. The Kier molecular flexibility index (Phi) is 4.70. The lowest BCUT2D eigenvalue weighted by molar-refractivity contribution is 0.154. The Morgan fingerprint density at radius 2 is 1.77 bits per heavy atom. The summed E-state index contributed by atoms with van der Waals surface area (Å²) in [7, 11) is 0. The molecule has 13 heavy (non-hydrogen) atoms. The van der Waals surface area contributed by atoms with Crippen molar-refractivity contribution in [2.24, 2.45) is 5.92 Å². The van der Waals surface area contributed by atoms with E-state index in [1.807, 2.05) is 0 Å². The highest BCUT2D eigenvalue weighted by Crippen LogP contribution is 2.27. The van der Waals surface area contributed by atoms with E-state index in [-0.39, 0.29) is 19.3 Å². The van der Waals surface area contributed by atoms with Crippen LogP contribution in [0.2, 0.25) is 0 Å². The van der Waals surface area contributed by atoms with E-state index >= 15 is 0 Å². The molecule has 0 saturated heterocycles. The summed E-state index contributed by atoms with van der Waals surface area (Å²) in [6.07, 6.45) is 5.24. The Bertz CT molecular complexity index is 131. The Labute approximate surface area is 80.2 Å². The summed E-state index contributed by atoms with van der Waals surface area (Å²) in [5.74, 6) is 0.737. The van der Waals surface area contributed by atoms with Crippen molar-refractivity contribution in [3.8, 4) is 0 Å². The fraction of sp³-hybridized carbons (Fsp3) is 1.00. The third-order valence-electron chi connectivity index (χ3n) is 3.05. The standard InChI is InChI=1S/C10H21NO2/c1-8(9-4-2-3-5-9)11-10(6-12)7-13/h8-13H,2-7H2,1H3. The van der Waals surface area contributed by atoms with Crippen molar-refractivity contribution in [1.29, 1.82) is 0 Å². The molecule has 1 rings (SSSR count). The molecule has 78 valence electrons. The maximum absolute atomic E-state index is 8.90. The van der Waals surface area contributed by atoms with Crippen LogP contribution in [0.15, 0.2) is 0 Å². The maximum atomic E-state index is 8.90. The van der Waals surface area contributed by atoms with Gasteiger partial charge in [0.15, 0.2) is 0 Å². The van der Waals surface area contributed by atoms with Gasteiger partial charge < -0.3 is 15.5 Å². The van der Waals surface area contributed by atoms with Crippen molar-refractivity contribution in [2.45, 2.75) is 44.7 Å². The molecule has 3 nitrogen and oxygen atoms in total. The van der Waals surface area contributed by atoms with Gasteiger partial charge in [0, 0.05) is 6.04 Å². The molecular formula is C10H21NO2. The molecule has 1 aliphatic rings. The predicted octanol–water partition coefficient (Wildman–Crippen LogP) is 0.508. The van der Waals surface area contributed by atoms with Crippen LogP contribution < -0.4 is 5.32 Å². The van der Waals surface area contributed by atoms with Gasteiger partial charge in [0.1, 0.15) is 0 Å². The molecular weight excluding hydrogens is 166 g/mol. The second kappa shape index (κ2) is 5.58. The highest BCUT2D eigenvalue weighted by molar-refractivity contribution is 4.80. The first kappa shape index (κ1) is 11.0. The lowest BCUT2D eigenvalue weighted by Crippen LogP contribution is -2.44. The van der Waals surface area contributed by atoms with E-state index < -0.39 is 0 Å². The van der Waals surface area contributed by atoms with Gasteiger partial charge in [-0.15, -0.1) is 0 Å². The molecule has 0 radical (unpaired) electrons. The van der Waals surface area contributed by atoms with Crippen molar-refractivity contribution in [1.82, 2.24) is 5.32 Å². The molecule has 1 saturated carbocycles. The second-order valence-corrected chi connectivity index (χ2v) is 4.06. The third kappa shape index (κ3) is 3.25. The zero-order chi connectivity index (χ0) is 9.68. The van der Waals surface area contributed by atoms with Gasteiger partial charge in [-0.05, 0) is 25.7 Å². The van der Waals surface area contributed by atoms with E-state index in [0.717, 1.165) is 5.92 Å². The summed E-state index contributed by atoms with van der Waals surface area (Å²) in [6, 6.07) is 0.280. The van der Waals surface area contributed by atoms with Crippen molar-refractivity contribution in [3.63, 3.8) is 0 Å². The number of aliphatic hydroxyl groups excluding tert-OH is 2. The van der Waals surface area contributed by atoms with E-state index in [0.29, 0.717) is 6.04 Å². The number of hydrogen-bond donors (Lipinski definition) is 3. The van der Waals surface area contributed by atoms with Gasteiger partial charge in [0.2, 0.25) is 0 Å². The van der Waals surface area contributed by atoms with Crippen molar-refractivity contribution >= 4 is 0 Å². The van der Waals surface area contributed by atoms with E-state index in [4.69, 9.17) is 10.2 Å². The van der Waals surface area contributed by atoms with Crippen LogP contribution in [-0.2, 0) is 0 Å². The van der Waals surface area contributed by atoms with Gasteiger partial charge in [-0.25, -0.2) is 0 Å². The second-order valence-electron chi connectivity index (χ2n) is 4.06. The predicted molar refractivity (Wildman–Crippen MR) is 52.5 cm³/mol. The summed E-state index contributed by atoms with van der Waals surface area (Å²) in [5.41, 5.74) is 0. The molecule has 0 aromatic carbocycles. The van der Waals surface area contributed by atoms with Crippen LogP contribution in [0.4, 0.5) is 0 Å².